The second-order valence-electron chi connectivity index (χ2n) is 4.26. The van der Waals surface area contributed by atoms with E-state index >= 15 is 0 Å². The molecule has 0 aliphatic carbocycles. The lowest BCUT2D eigenvalue weighted by Gasteiger charge is -2.32. The summed E-state index contributed by atoms with van der Waals surface area (Å²) in [4.78, 5) is 2.19. The van der Waals surface area contributed by atoms with Gasteiger partial charge in [0.25, 0.3) is 0 Å². The highest BCUT2D eigenvalue weighted by molar-refractivity contribution is 7.75. The topological polar surface area (TPSA) is 38.8 Å². The van der Waals surface area contributed by atoms with E-state index in [9.17, 15) is 4.21 Å². The Hall–Kier alpha value is -0.910. The molecule has 0 bridgehead atoms. The monoisotopic (exact) mass is 255 g/mol. The van der Waals surface area contributed by atoms with Crippen LogP contribution in [0.2, 0.25) is 0 Å². The van der Waals surface area contributed by atoms with Crippen LogP contribution in [0.4, 0.5) is 5.69 Å². The van der Waals surface area contributed by atoms with Crippen molar-refractivity contribution in [2.75, 3.05) is 18.0 Å². The SMILES string of the molecule is CC1CN(c2ccccc2)CC(C)OS(=O)O1. The van der Waals surface area contributed by atoms with Crippen LogP contribution in [0.5, 0.6) is 0 Å². The summed E-state index contributed by atoms with van der Waals surface area (Å²) in [6.07, 6.45) is -0.243. The van der Waals surface area contributed by atoms with E-state index in [0.717, 1.165) is 5.69 Å². The smallest absolute Gasteiger partial charge is 0.305 e. The van der Waals surface area contributed by atoms with Crippen molar-refractivity contribution in [3.8, 4) is 0 Å². The Kier molecular flexibility index (Phi) is 4.15. The maximum absolute atomic E-state index is 11.3. The number of anilines is 1. The Morgan fingerprint density at radius 3 is 2.18 bits per heavy atom. The zero-order valence-corrected chi connectivity index (χ0v) is 10.9. The van der Waals surface area contributed by atoms with Gasteiger partial charge in [0, 0.05) is 18.8 Å². The molecule has 1 saturated heterocycles. The molecular formula is C12H17NO3S. The molecule has 1 fully saturated rings. The second-order valence-corrected chi connectivity index (χ2v) is 5.05. The van der Waals surface area contributed by atoms with Crippen LogP contribution in [-0.4, -0.2) is 29.5 Å². The molecule has 5 heteroatoms. The largest absolute Gasteiger partial charge is 0.366 e. The summed E-state index contributed by atoms with van der Waals surface area (Å²) in [5.41, 5.74) is 1.13. The van der Waals surface area contributed by atoms with Crippen LogP contribution in [0.3, 0.4) is 0 Å². The average molecular weight is 255 g/mol. The minimum atomic E-state index is -1.63. The number of para-hydroxylation sites is 1. The van der Waals surface area contributed by atoms with Gasteiger partial charge in [0.2, 0.25) is 0 Å². The fraction of sp³-hybridized carbons (Fsp3) is 0.500. The fourth-order valence-corrected chi connectivity index (χ4v) is 2.60. The molecule has 1 aliphatic rings. The summed E-state index contributed by atoms with van der Waals surface area (Å²) in [5.74, 6) is 0. The molecule has 1 aliphatic heterocycles. The van der Waals surface area contributed by atoms with E-state index in [2.05, 4.69) is 17.0 Å². The zero-order valence-electron chi connectivity index (χ0n) is 10.0. The van der Waals surface area contributed by atoms with Gasteiger partial charge in [0.15, 0.2) is 0 Å². The Balaban J connectivity index is 2.13. The molecule has 94 valence electrons. The minimum absolute atomic E-state index is 0.122. The van der Waals surface area contributed by atoms with Gasteiger partial charge in [-0.15, -0.1) is 0 Å². The van der Waals surface area contributed by atoms with Crippen LogP contribution in [0.15, 0.2) is 30.3 Å². The summed E-state index contributed by atoms with van der Waals surface area (Å²) in [6, 6.07) is 10.1. The molecule has 0 saturated carbocycles. The van der Waals surface area contributed by atoms with Gasteiger partial charge in [-0.3, -0.25) is 8.37 Å². The van der Waals surface area contributed by atoms with Crippen molar-refractivity contribution in [2.45, 2.75) is 26.1 Å². The van der Waals surface area contributed by atoms with E-state index in [0.29, 0.717) is 13.1 Å². The Labute approximate surface area is 104 Å². The maximum atomic E-state index is 11.3. The highest BCUT2D eigenvalue weighted by Gasteiger charge is 2.22. The van der Waals surface area contributed by atoms with Gasteiger partial charge in [-0.25, -0.2) is 0 Å². The van der Waals surface area contributed by atoms with Crippen molar-refractivity contribution in [1.29, 1.82) is 0 Å². The summed E-state index contributed by atoms with van der Waals surface area (Å²) >= 11 is -1.63. The Morgan fingerprint density at radius 2 is 1.65 bits per heavy atom. The molecule has 0 amide bonds. The van der Waals surface area contributed by atoms with Gasteiger partial charge in [-0.2, -0.15) is 4.21 Å². The van der Waals surface area contributed by atoms with Gasteiger partial charge in [-0.1, -0.05) is 18.2 Å². The molecule has 0 spiro atoms. The highest BCUT2D eigenvalue weighted by atomic mass is 32.2. The Bertz CT molecular complexity index is 369. The van der Waals surface area contributed by atoms with Crippen LogP contribution in [-0.2, 0) is 19.7 Å². The molecule has 1 aromatic rings. The molecule has 2 rings (SSSR count). The van der Waals surface area contributed by atoms with E-state index in [4.69, 9.17) is 8.37 Å². The fourth-order valence-electron chi connectivity index (χ4n) is 1.90. The lowest BCUT2D eigenvalue weighted by atomic mass is 10.2. The molecular weight excluding hydrogens is 238 g/mol. The summed E-state index contributed by atoms with van der Waals surface area (Å²) in [5, 5.41) is 0. The van der Waals surface area contributed by atoms with E-state index in [1.54, 1.807) is 0 Å². The van der Waals surface area contributed by atoms with Crippen molar-refractivity contribution in [2.24, 2.45) is 0 Å². The molecule has 0 radical (unpaired) electrons. The number of hydrogen-bond acceptors (Lipinski definition) is 4. The third-order valence-corrected chi connectivity index (χ3v) is 3.53. The van der Waals surface area contributed by atoms with E-state index < -0.39 is 11.4 Å². The highest BCUT2D eigenvalue weighted by Crippen LogP contribution is 2.18. The maximum Gasteiger partial charge on any atom is 0.305 e. The van der Waals surface area contributed by atoms with Crippen molar-refractivity contribution in [3.63, 3.8) is 0 Å². The summed E-state index contributed by atoms with van der Waals surface area (Å²) in [6.45, 7) is 5.22. The predicted octanol–water partition coefficient (Wildman–Crippen LogP) is 1.90. The molecule has 2 unspecified atom stereocenters. The Morgan fingerprint density at radius 1 is 1.12 bits per heavy atom. The van der Waals surface area contributed by atoms with E-state index in [1.807, 2.05) is 32.0 Å². The van der Waals surface area contributed by atoms with Crippen molar-refractivity contribution in [1.82, 2.24) is 0 Å². The molecule has 0 N–H and O–H groups in total. The van der Waals surface area contributed by atoms with Gasteiger partial charge in [-0.05, 0) is 26.0 Å². The molecule has 17 heavy (non-hydrogen) atoms. The second kappa shape index (κ2) is 5.62. The van der Waals surface area contributed by atoms with Crippen molar-refractivity contribution in [3.05, 3.63) is 30.3 Å². The molecule has 2 atom stereocenters. The third-order valence-electron chi connectivity index (χ3n) is 2.56. The normalized spacial score (nSPS) is 30.7. The van der Waals surface area contributed by atoms with Gasteiger partial charge in [0.1, 0.15) is 0 Å². The van der Waals surface area contributed by atoms with Crippen molar-refractivity contribution < 1.29 is 12.6 Å². The van der Waals surface area contributed by atoms with Gasteiger partial charge < -0.3 is 4.90 Å². The number of hydrogen-bond donors (Lipinski definition) is 0. The zero-order chi connectivity index (χ0) is 12.3. The third kappa shape index (κ3) is 3.52. The van der Waals surface area contributed by atoms with Crippen LogP contribution in [0, 0.1) is 0 Å². The number of benzene rings is 1. The summed E-state index contributed by atoms with van der Waals surface area (Å²) < 4.78 is 21.8. The summed E-state index contributed by atoms with van der Waals surface area (Å²) in [7, 11) is 0. The van der Waals surface area contributed by atoms with Crippen LogP contribution in [0.1, 0.15) is 13.8 Å². The van der Waals surface area contributed by atoms with E-state index in [-0.39, 0.29) is 12.2 Å². The van der Waals surface area contributed by atoms with Crippen LogP contribution in [0.25, 0.3) is 0 Å². The lowest BCUT2D eigenvalue weighted by molar-refractivity contribution is 0.148. The average Bonchev–Trinajstić information content (AvgIpc) is 2.27. The predicted molar refractivity (Wildman–Crippen MR) is 67.9 cm³/mol. The quantitative estimate of drug-likeness (QED) is 0.768. The first-order chi connectivity index (χ1) is 8.15. The van der Waals surface area contributed by atoms with Crippen LogP contribution >= 0.6 is 0 Å². The van der Waals surface area contributed by atoms with Crippen molar-refractivity contribution >= 4 is 17.0 Å². The van der Waals surface area contributed by atoms with Gasteiger partial charge >= 0.3 is 11.4 Å². The first kappa shape index (κ1) is 12.5. The van der Waals surface area contributed by atoms with E-state index in [1.165, 1.54) is 0 Å². The first-order valence-electron chi connectivity index (χ1n) is 5.71. The molecule has 0 aromatic heterocycles. The minimum Gasteiger partial charge on any atom is -0.366 e. The molecule has 1 aromatic carbocycles. The van der Waals surface area contributed by atoms with Crippen LogP contribution < -0.4 is 4.90 Å². The molecule has 4 nitrogen and oxygen atoms in total. The first-order valence-corrected chi connectivity index (χ1v) is 6.71. The standard InChI is InChI=1S/C12H17NO3S/c1-10-8-13(12-6-4-3-5-7-12)9-11(2)16-17(14)15-10/h3-7,10-11H,8-9H2,1-2H3. The number of nitrogens with zero attached hydrogens (tertiary/aromatic N) is 1. The number of rotatable bonds is 1. The lowest BCUT2D eigenvalue weighted by Crippen LogP contribution is -2.41. The molecule has 1 heterocycles. The van der Waals surface area contributed by atoms with Gasteiger partial charge in [0.05, 0.1) is 12.2 Å².